The standard InChI is InChI=1S/C9H11NO2/c10-8(6-9(11)12)7-4-2-1-3-5-7/h1-4,6-7H,5,10H2,(H,11,12). The fraction of sp³-hybridized carbons (Fsp3) is 0.222. The number of hydrogen-bond acceptors (Lipinski definition) is 2. The highest BCUT2D eigenvalue weighted by molar-refractivity contribution is 5.80. The highest BCUT2D eigenvalue weighted by atomic mass is 16.4. The number of carboxylic acids is 1. The van der Waals surface area contributed by atoms with Gasteiger partial charge in [-0.3, -0.25) is 0 Å². The van der Waals surface area contributed by atoms with Gasteiger partial charge < -0.3 is 10.8 Å². The summed E-state index contributed by atoms with van der Waals surface area (Å²) in [5, 5.41) is 8.42. The van der Waals surface area contributed by atoms with Crippen molar-refractivity contribution in [3.05, 3.63) is 36.1 Å². The van der Waals surface area contributed by atoms with Crippen LogP contribution in [-0.2, 0) is 4.79 Å². The van der Waals surface area contributed by atoms with Crippen LogP contribution < -0.4 is 5.73 Å². The molecule has 0 aromatic carbocycles. The third-order valence-electron chi connectivity index (χ3n) is 1.70. The summed E-state index contributed by atoms with van der Waals surface area (Å²) < 4.78 is 0. The summed E-state index contributed by atoms with van der Waals surface area (Å²) in [4.78, 5) is 10.3. The van der Waals surface area contributed by atoms with E-state index in [1.807, 2.05) is 24.3 Å². The topological polar surface area (TPSA) is 63.3 Å². The molecule has 0 aromatic heterocycles. The number of rotatable bonds is 2. The lowest BCUT2D eigenvalue weighted by Gasteiger charge is -2.12. The van der Waals surface area contributed by atoms with E-state index in [1.165, 1.54) is 0 Å². The largest absolute Gasteiger partial charge is 0.478 e. The van der Waals surface area contributed by atoms with Crippen LogP contribution in [0.2, 0.25) is 0 Å². The molecule has 0 spiro atoms. The van der Waals surface area contributed by atoms with Gasteiger partial charge in [-0.2, -0.15) is 0 Å². The third-order valence-corrected chi connectivity index (χ3v) is 1.70. The number of carbonyl (C=O) groups is 1. The Morgan fingerprint density at radius 2 is 2.33 bits per heavy atom. The fourth-order valence-corrected chi connectivity index (χ4v) is 1.08. The molecular weight excluding hydrogens is 154 g/mol. The smallest absolute Gasteiger partial charge is 0.330 e. The Balaban J connectivity index is 2.64. The predicted molar refractivity (Wildman–Crippen MR) is 46.3 cm³/mol. The Labute approximate surface area is 70.9 Å². The first kappa shape index (κ1) is 8.59. The quantitative estimate of drug-likeness (QED) is 0.601. The summed E-state index contributed by atoms with van der Waals surface area (Å²) in [6.45, 7) is 0. The Morgan fingerprint density at radius 3 is 2.83 bits per heavy atom. The van der Waals surface area contributed by atoms with Crippen molar-refractivity contribution in [2.24, 2.45) is 11.7 Å². The summed E-state index contributed by atoms with van der Waals surface area (Å²) >= 11 is 0. The Bertz CT molecular complexity index is 264. The zero-order valence-electron chi connectivity index (χ0n) is 6.60. The van der Waals surface area contributed by atoms with E-state index < -0.39 is 5.97 Å². The summed E-state index contributed by atoms with van der Waals surface area (Å²) in [7, 11) is 0. The SMILES string of the molecule is NC(=CC(=O)O)C1C=CC=CC1. The predicted octanol–water partition coefficient (Wildman–Crippen LogP) is 1.05. The fourth-order valence-electron chi connectivity index (χ4n) is 1.08. The van der Waals surface area contributed by atoms with Gasteiger partial charge in [-0.1, -0.05) is 24.3 Å². The maximum Gasteiger partial charge on any atom is 0.330 e. The van der Waals surface area contributed by atoms with E-state index in [-0.39, 0.29) is 5.92 Å². The molecule has 0 saturated heterocycles. The monoisotopic (exact) mass is 165 g/mol. The first-order valence-corrected chi connectivity index (χ1v) is 3.73. The van der Waals surface area contributed by atoms with Crippen LogP contribution >= 0.6 is 0 Å². The van der Waals surface area contributed by atoms with E-state index in [2.05, 4.69) is 0 Å². The van der Waals surface area contributed by atoms with Crippen molar-refractivity contribution in [3.8, 4) is 0 Å². The van der Waals surface area contributed by atoms with Crippen LogP contribution in [-0.4, -0.2) is 11.1 Å². The molecule has 64 valence electrons. The second-order valence-corrected chi connectivity index (χ2v) is 2.64. The van der Waals surface area contributed by atoms with Gasteiger partial charge in [-0.15, -0.1) is 0 Å². The molecule has 1 rings (SSSR count). The number of carboxylic acid groups (broad SMARTS) is 1. The van der Waals surface area contributed by atoms with Crippen molar-refractivity contribution in [2.75, 3.05) is 0 Å². The highest BCUT2D eigenvalue weighted by Crippen LogP contribution is 2.16. The minimum Gasteiger partial charge on any atom is -0.478 e. The average Bonchev–Trinajstić information content (AvgIpc) is 2.05. The van der Waals surface area contributed by atoms with Gasteiger partial charge in [0, 0.05) is 17.7 Å². The maximum absolute atomic E-state index is 10.3. The molecule has 3 heteroatoms. The van der Waals surface area contributed by atoms with E-state index in [0.29, 0.717) is 5.70 Å². The van der Waals surface area contributed by atoms with Gasteiger partial charge in [0.1, 0.15) is 0 Å². The van der Waals surface area contributed by atoms with Gasteiger partial charge in [-0.25, -0.2) is 4.79 Å². The lowest BCUT2D eigenvalue weighted by Crippen LogP contribution is -2.12. The van der Waals surface area contributed by atoms with Gasteiger partial charge in [0.2, 0.25) is 0 Å². The van der Waals surface area contributed by atoms with Crippen LogP contribution in [0.25, 0.3) is 0 Å². The van der Waals surface area contributed by atoms with Crippen LogP contribution in [0.1, 0.15) is 6.42 Å². The minimum atomic E-state index is -0.990. The zero-order chi connectivity index (χ0) is 8.97. The van der Waals surface area contributed by atoms with Crippen LogP contribution in [0.4, 0.5) is 0 Å². The molecule has 3 nitrogen and oxygen atoms in total. The lowest BCUT2D eigenvalue weighted by atomic mass is 9.97. The molecule has 1 unspecified atom stereocenters. The van der Waals surface area contributed by atoms with Crippen molar-refractivity contribution in [1.29, 1.82) is 0 Å². The van der Waals surface area contributed by atoms with Crippen molar-refractivity contribution in [1.82, 2.24) is 0 Å². The summed E-state index contributed by atoms with van der Waals surface area (Å²) in [5.74, 6) is -0.943. The lowest BCUT2D eigenvalue weighted by molar-refractivity contribution is -0.131. The normalized spacial score (nSPS) is 22.7. The first-order valence-electron chi connectivity index (χ1n) is 3.73. The number of aliphatic carboxylic acids is 1. The van der Waals surface area contributed by atoms with Crippen LogP contribution in [0, 0.1) is 5.92 Å². The molecule has 0 aliphatic heterocycles. The summed E-state index contributed by atoms with van der Waals surface area (Å²) in [5.41, 5.74) is 5.95. The molecule has 3 N–H and O–H groups in total. The molecule has 0 amide bonds. The molecule has 1 atom stereocenters. The van der Waals surface area contributed by atoms with Crippen LogP contribution in [0.5, 0.6) is 0 Å². The Morgan fingerprint density at radius 1 is 1.58 bits per heavy atom. The van der Waals surface area contributed by atoms with Crippen LogP contribution in [0.3, 0.4) is 0 Å². The Hall–Kier alpha value is -1.51. The first-order chi connectivity index (χ1) is 5.70. The van der Waals surface area contributed by atoms with Gasteiger partial charge in [0.25, 0.3) is 0 Å². The van der Waals surface area contributed by atoms with E-state index in [9.17, 15) is 4.79 Å². The molecule has 1 aliphatic rings. The molecular formula is C9H11NO2. The van der Waals surface area contributed by atoms with E-state index >= 15 is 0 Å². The van der Waals surface area contributed by atoms with Gasteiger partial charge in [-0.05, 0) is 6.42 Å². The number of nitrogens with two attached hydrogens (primary N) is 1. The van der Waals surface area contributed by atoms with Crippen LogP contribution in [0.15, 0.2) is 36.1 Å². The van der Waals surface area contributed by atoms with Gasteiger partial charge in [0.05, 0.1) is 0 Å². The van der Waals surface area contributed by atoms with E-state index in [1.54, 1.807) is 0 Å². The molecule has 0 aromatic rings. The number of hydrogen-bond donors (Lipinski definition) is 2. The van der Waals surface area contributed by atoms with Crippen molar-refractivity contribution >= 4 is 5.97 Å². The van der Waals surface area contributed by atoms with Crippen molar-refractivity contribution in [2.45, 2.75) is 6.42 Å². The van der Waals surface area contributed by atoms with Gasteiger partial charge in [0.15, 0.2) is 0 Å². The zero-order valence-corrected chi connectivity index (χ0v) is 6.60. The van der Waals surface area contributed by atoms with E-state index in [4.69, 9.17) is 10.8 Å². The third kappa shape index (κ3) is 2.27. The molecule has 0 heterocycles. The average molecular weight is 165 g/mol. The summed E-state index contributed by atoms with van der Waals surface area (Å²) in [6.07, 6.45) is 9.49. The minimum absolute atomic E-state index is 0.0473. The molecule has 0 saturated carbocycles. The molecule has 12 heavy (non-hydrogen) atoms. The summed E-state index contributed by atoms with van der Waals surface area (Å²) in [6, 6.07) is 0. The molecule has 0 fully saturated rings. The maximum atomic E-state index is 10.3. The van der Waals surface area contributed by atoms with E-state index in [0.717, 1.165) is 12.5 Å². The number of allylic oxidation sites excluding steroid dienone is 4. The molecule has 0 bridgehead atoms. The molecule has 1 aliphatic carbocycles. The molecule has 0 radical (unpaired) electrons. The Kier molecular flexibility index (Phi) is 2.69. The highest BCUT2D eigenvalue weighted by Gasteiger charge is 2.08. The second-order valence-electron chi connectivity index (χ2n) is 2.64. The van der Waals surface area contributed by atoms with Gasteiger partial charge >= 0.3 is 5.97 Å². The van der Waals surface area contributed by atoms with Crippen molar-refractivity contribution in [3.63, 3.8) is 0 Å². The van der Waals surface area contributed by atoms with Crippen molar-refractivity contribution < 1.29 is 9.90 Å². The second kappa shape index (κ2) is 3.76.